The average Bonchev–Trinajstić information content (AvgIpc) is 2.74. The Kier molecular flexibility index (Phi) is 4.18. The molecule has 0 bridgehead atoms. The lowest BCUT2D eigenvalue weighted by Gasteiger charge is -2.12. The Morgan fingerprint density at radius 3 is 3.06 bits per heavy atom. The predicted molar refractivity (Wildman–Crippen MR) is 66.0 cm³/mol. The van der Waals surface area contributed by atoms with Gasteiger partial charge in [0, 0.05) is 24.0 Å². The summed E-state index contributed by atoms with van der Waals surface area (Å²) >= 11 is 1.95. The summed E-state index contributed by atoms with van der Waals surface area (Å²) in [5.41, 5.74) is 0.924. The number of hydrogen-bond donors (Lipinski definition) is 1. The lowest BCUT2D eigenvalue weighted by atomic mass is 10.2. The summed E-state index contributed by atoms with van der Waals surface area (Å²) < 4.78 is 12.9. The Bertz CT molecular complexity index is 346. The molecule has 4 heteroatoms. The van der Waals surface area contributed by atoms with E-state index in [1.165, 1.54) is 25.5 Å². The fourth-order valence-electron chi connectivity index (χ4n) is 2.15. The van der Waals surface area contributed by atoms with E-state index in [2.05, 4.69) is 16.6 Å². The molecule has 1 N–H and O–H groups in total. The van der Waals surface area contributed by atoms with E-state index in [1.807, 2.05) is 11.8 Å². The van der Waals surface area contributed by atoms with Gasteiger partial charge in [0.2, 0.25) is 0 Å². The van der Waals surface area contributed by atoms with Crippen molar-refractivity contribution in [1.29, 1.82) is 0 Å². The van der Waals surface area contributed by atoms with Crippen LogP contribution < -0.4 is 5.32 Å². The Morgan fingerprint density at radius 1 is 1.50 bits per heavy atom. The van der Waals surface area contributed by atoms with Gasteiger partial charge >= 0.3 is 0 Å². The highest BCUT2D eigenvalue weighted by Crippen LogP contribution is 2.28. The van der Waals surface area contributed by atoms with Gasteiger partial charge in [-0.3, -0.25) is 4.98 Å². The molecule has 16 heavy (non-hydrogen) atoms. The fourth-order valence-corrected chi connectivity index (χ4v) is 2.95. The van der Waals surface area contributed by atoms with E-state index in [4.69, 9.17) is 0 Å². The van der Waals surface area contributed by atoms with Gasteiger partial charge in [-0.15, -0.1) is 0 Å². The van der Waals surface area contributed by atoms with Crippen LogP contribution in [0.4, 0.5) is 4.39 Å². The number of halogens is 1. The summed E-state index contributed by atoms with van der Waals surface area (Å²) in [5, 5.41) is 4.26. The zero-order valence-corrected chi connectivity index (χ0v) is 10.3. The van der Waals surface area contributed by atoms with Crippen LogP contribution >= 0.6 is 11.8 Å². The third-order valence-electron chi connectivity index (χ3n) is 3.07. The number of nitrogens with zero attached hydrogens (tertiary/aromatic N) is 1. The van der Waals surface area contributed by atoms with E-state index >= 15 is 0 Å². The van der Waals surface area contributed by atoms with E-state index in [0.29, 0.717) is 6.04 Å². The molecule has 0 spiro atoms. The summed E-state index contributed by atoms with van der Waals surface area (Å²) in [6, 6.07) is 2.13. The van der Waals surface area contributed by atoms with E-state index < -0.39 is 0 Å². The van der Waals surface area contributed by atoms with Crippen LogP contribution in [0.5, 0.6) is 0 Å². The van der Waals surface area contributed by atoms with Crippen LogP contribution in [0.15, 0.2) is 18.5 Å². The molecule has 2 unspecified atom stereocenters. The van der Waals surface area contributed by atoms with Gasteiger partial charge in [-0.2, -0.15) is 11.8 Å². The van der Waals surface area contributed by atoms with Gasteiger partial charge in [0.25, 0.3) is 0 Å². The first-order valence-corrected chi connectivity index (χ1v) is 6.92. The summed E-state index contributed by atoms with van der Waals surface area (Å²) in [7, 11) is 0. The van der Waals surface area contributed by atoms with Gasteiger partial charge in [-0.1, -0.05) is 0 Å². The molecule has 0 amide bonds. The van der Waals surface area contributed by atoms with Crippen LogP contribution in [0, 0.1) is 5.82 Å². The smallest absolute Gasteiger partial charge is 0.141 e. The Labute approximate surface area is 100 Å². The number of hydrogen-bond acceptors (Lipinski definition) is 3. The van der Waals surface area contributed by atoms with Crippen molar-refractivity contribution < 1.29 is 4.39 Å². The van der Waals surface area contributed by atoms with Gasteiger partial charge in [0.15, 0.2) is 0 Å². The summed E-state index contributed by atoms with van der Waals surface area (Å²) in [6.07, 6.45) is 8.88. The second-order valence-electron chi connectivity index (χ2n) is 4.26. The normalized spacial score (nSPS) is 24.9. The zero-order valence-electron chi connectivity index (χ0n) is 9.45. The summed E-state index contributed by atoms with van der Waals surface area (Å²) in [4.78, 5) is 3.84. The topological polar surface area (TPSA) is 24.9 Å². The minimum atomic E-state index is -0.257. The highest BCUT2D eigenvalue weighted by molar-refractivity contribution is 7.99. The maximum atomic E-state index is 12.9. The van der Waals surface area contributed by atoms with Crippen molar-refractivity contribution in [1.82, 2.24) is 10.3 Å². The molecule has 1 saturated carbocycles. The third kappa shape index (κ3) is 3.19. The molecule has 2 nitrogen and oxygen atoms in total. The second kappa shape index (κ2) is 5.64. The molecule has 2 atom stereocenters. The molecule has 0 saturated heterocycles. The van der Waals surface area contributed by atoms with Crippen LogP contribution in [-0.2, 0) is 6.54 Å². The number of pyridine rings is 1. The Balaban J connectivity index is 1.80. The van der Waals surface area contributed by atoms with Crippen molar-refractivity contribution in [3.05, 3.63) is 29.8 Å². The SMILES string of the molecule is CSC1CCC(NCc2cncc(F)c2)C1. The van der Waals surface area contributed by atoms with E-state index in [0.717, 1.165) is 17.4 Å². The largest absolute Gasteiger partial charge is 0.310 e. The molecular weight excluding hydrogens is 223 g/mol. The quantitative estimate of drug-likeness (QED) is 0.875. The summed E-state index contributed by atoms with van der Waals surface area (Å²) in [6.45, 7) is 0.719. The first kappa shape index (κ1) is 11.9. The van der Waals surface area contributed by atoms with Crippen molar-refractivity contribution >= 4 is 11.8 Å². The molecule has 1 fully saturated rings. The first-order chi connectivity index (χ1) is 7.78. The molecule has 2 rings (SSSR count). The van der Waals surface area contributed by atoms with Gasteiger partial charge in [0.05, 0.1) is 6.20 Å². The third-order valence-corrected chi connectivity index (χ3v) is 4.17. The fraction of sp³-hybridized carbons (Fsp3) is 0.583. The van der Waals surface area contributed by atoms with Crippen LogP contribution in [0.2, 0.25) is 0 Å². The predicted octanol–water partition coefficient (Wildman–Crippen LogP) is 2.59. The molecule has 88 valence electrons. The molecule has 0 aromatic carbocycles. The van der Waals surface area contributed by atoms with Crippen LogP contribution in [0.3, 0.4) is 0 Å². The minimum absolute atomic E-state index is 0.257. The highest BCUT2D eigenvalue weighted by Gasteiger charge is 2.23. The number of rotatable bonds is 4. The lowest BCUT2D eigenvalue weighted by molar-refractivity contribution is 0.522. The zero-order chi connectivity index (χ0) is 11.4. The molecular formula is C12H17FN2S. The summed E-state index contributed by atoms with van der Waals surface area (Å²) in [5.74, 6) is -0.257. The lowest BCUT2D eigenvalue weighted by Crippen LogP contribution is -2.26. The highest BCUT2D eigenvalue weighted by atomic mass is 32.2. The van der Waals surface area contributed by atoms with Gasteiger partial charge in [-0.05, 0) is 37.1 Å². The van der Waals surface area contributed by atoms with E-state index in [1.54, 1.807) is 12.3 Å². The minimum Gasteiger partial charge on any atom is -0.310 e. The van der Waals surface area contributed by atoms with Crippen molar-refractivity contribution in [3.63, 3.8) is 0 Å². The number of nitrogens with one attached hydrogen (secondary N) is 1. The van der Waals surface area contributed by atoms with Crippen molar-refractivity contribution in [2.24, 2.45) is 0 Å². The van der Waals surface area contributed by atoms with Crippen molar-refractivity contribution in [2.45, 2.75) is 37.1 Å². The molecule has 0 radical (unpaired) electrons. The number of aromatic nitrogens is 1. The standard InChI is InChI=1S/C12H17FN2S/c1-16-12-3-2-11(5-12)15-7-9-4-10(13)8-14-6-9/h4,6,8,11-12,15H,2-3,5,7H2,1H3. The maximum absolute atomic E-state index is 12.9. The molecule has 1 aliphatic carbocycles. The molecule has 1 heterocycles. The van der Waals surface area contributed by atoms with Crippen LogP contribution in [0.1, 0.15) is 24.8 Å². The molecule has 0 aliphatic heterocycles. The molecule has 1 aliphatic rings. The van der Waals surface area contributed by atoms with Crippen molar-refractivity contribution in [3.8, 4) is 0 Å². The van der Waals surface area contributed by atoms with E-state index in [-0.39, 0.29) is 5.82 Å². The van der Waals surface area contributed by atoms with Crippen LogP contribution in [-0.4, -0.2) is 22.5 Å². The molecule has 1 aromatic heterocycles. The maximum Gasteiger partial charge on any atom is 0.141 e. The van der Waals surface area contributed by atoms with Gasteiger partial charge in [0.1, 0.15) is 5.82 Å². The number of thioether (sulfide) groups is 1. The van der Waals surface area contributed by atoms with Crippen LogP contribution in [0.25, 0.3) is 0 Å². The Morgan fingerprint density at radius 2 is 2.38 bits per heavy atom. The second-order valence-corrected chi connectivity index (χ2v) is 5.40. The molecule has 1 aromatic rings. The Hall–Kier alpha value is -0.610. The first-order valence-electron chi connectivity index (χ1n) is 5.63. The van der Waals surface area contributed by atoms with Gasteiger partial charge in [-0.25, -0.2) is 4.39 Å². The van der Waals surface area contributed by atoms with Gasteiger partial charge < -0.3 is 5.32 Å². The average molecular weight is 240 g/mol. The monoisotopic (exact) mass is 240 g/mol. The van der Waals surface area contributed by atoms with E-state index in [9.17, 15) is 4.39 Å². The van der Waals surface area contributed by atoms with Crippen molar-refractivity contribution in [2.75, 3.05) is 6.26 Å².